The van der Waals surface area contributed by atoms with Crippen molar-refractivity contribution in [3.63, 3.8) is 0 Å². The van der Waals surface area contributed by atoms with Gasteiger partial charge in [0.1, 0.15) is 11.5 Å². The number of hydrogen-bond acceptors (Lipinski definition) is 6. The SMILES string of the molecule is CC(=O)N(C)c1ccc(Nc2nc(NCCCCCN)c3cc[nH]c3n2)cc1. The highest BCUT2D eigenvalue weighted by Gasteiger charge is 2.10. The first-order chi connectivity index (χ1) is 13.6. The third kappa shape index (κ3) is 4.77. The maximum atomic E-state index is 11.5. The van der Waals surface area contributed by atoms with Crippen molar-refractivity contribution in [1.82, 2.24) is 15.0 Å². The molecule has 0 aliphatic rings. The Morgan fingerprint density at radius 1 is 1.14 bits per heavy atom. The molecule has 3 aromatic rings. The minimum atomic E-state index is -0.0107. The lowest BCUT2D eigenvalue weighted by atomic mass is 10.2. The molecule has 8 heteroatoms. The van der Waals surface area contributed by atoms with E-state index in [0.717, 1.165) is 60.6 Å². The Morgan fingerprint density at radius 2 is 1.93 bits per heavy atom. The lowest BCUT2D eigenvalue weighted by Gasteiger charge is -2.15. The van der Waals surface area contributed by atoms with E-state index in [1.54, 1.807) is 11.9 Å². The number of aromatic nitrogens is 3. The molecule has 0 aliphatic heterocycles. The van der Waals surface area contributed by atoms with Crippen molar-refractivity contribution in [3.05, 3.63) is 36.5 Å². The summed E-state index contributed by atoms with van der Waals surface area (Å²) in [6.45, 7) is 3.10. The molecule has 0 saturated heterocycles. The molecule has 1 aromatic carbocycles. The number of nitrogens with zero attached hydrogens (tertiary/aromatic N) is 3. The van der Waals surface area contributed by atoms with Crippen molar-refractivity contribution in [2.24, 2.45) is 5.73 Å². The van der Waals surface area contributed by atoms with Gasteiger partial charge in [0.2, 0.25) is 11.9 Å². The Balaban J connectivity index is 1.73. The van der Waals surface area contributed by atoms with Gasteiger partial charge in [-0.3, -0.25) is 4.79 Å². The van der Waals surface area contributed by atoms with Crippen molar-refractivity contribution >= 4 is 40.1 Å². The first-order valence-corrected chi connectivity index (χ1v) is 9.49. The summed E-state index contributed by atoms with van der Waals surface area (Å²) >= 11 is 0. The number of nitrogens with two attached hydrogens (primary N) is 1. The normalized spacial score (nSPS) is 10.8. The van der Waals surface area contributed by atoms with Gasteiger partial charge in [-0.2, -0.15) is 9.97 Å². The van der Waals surface area contributed by atoms with Gasteiger partial charge >= 0.3 is 0 Å². The number of H-pyrrole nitrogens is 1. The first-order valence-electron chi connectivity index (χ1n) is 9.49. The zero-order valence-electron chi connectivity index (χ0n) is 16.3. The maximum Gasteiger partial charge on any atom is 0.231 e. The van der Waals surface area contributed by atoms with E-state index in [1.165, 1.54) is 6.92 Å². The number of amides is 1. The van der Waals surface area contributed by atoms with Crippen LogP contribution in [0.3, 0.4) is 0 Å². The van der Waals surface area contributed by atoms with Crippen molar-refractivity contribution in [3.8, 4) is 0 Å². The number of benzene rings is 1. The molecule has 1 amide bonds. The molecule has 0 fully saturated rings. The summed E-state index contributed by atoms with van der Waals surface area (Å²) in [4.78, 5) is 25.4. The maximum absolute atomic E-state index is 11.5. The second-order valence-electron chi connectivity index (χ2n) is 6.66. The summed E-state index contributed by atoms with van der Waals surface area (Å²) in [5, 5.41) is 7.59. The van der Waals surface area contributed by atoms with Gasteiger partial charge in [-0.1, -0.05) is 6.42 Å². The zero-order valence-corrected chi connectivity index (χ0v) is 16.3. The molecule has 28 heavy (non-hydrogen) atoms. The average molecular weight is 381 g/mol. The smallest absolute Gasteiger partial charge is 0.231 e. The van der Waals surface area contributed by atoms with Crippen molar-refractivity contribution in [1.29, 1.82) is 0 Å². The molecule has 148 valence electrons. The van der Waals surface area contributed by atoms with Crippen LogP contribution in [-0.2, 0) is 4.79 Å². The van der Waals surface area contributed by atoms with Crippen LogP contribution >= 0.6 is 0 Å². The molecule has 0 atom stereocenters. The third-order valence-electron chi connectivity index (χ3n) is 4.57. The van der Waals surface area contributed by atoms with Gasteiger partial charge in [0.25, 0.3) is 0 Å². The number of hydrogen-bond donors (Lipinski definition) is 4. The fourth-order valence-corrected chi connectivity index (χ4v) is 2.86. The predicted octanol–water partition coefficient (Wildman–Crippen LogP) is 3.23. The monoisotopic (exact) mass is 381 g/mol. The van der Waals surface area contributed by atoms with Crippen LogP contribution in [0.4, 0.5) is 23.1 Å². The fourth-order valence-electron chi connectivity index (χ4n) is 2.86. The van der Waals surface area contributed by atoms with Crippen LogP contribution in [0.1, 0.15) is 26.2 Å². The molecule has 5 N–H and O–H groups in total. The van der Waals surface area contributed by atoms with Crippen LogP contribution in [0, 0.1) is 0 Å². The van der Waals surface area contributed by atoms with Crippen LogP contribution < -0.4 is 21.3 Å². The van der Waals surface area contributed by atoms with Crippen LogP contribution in [0.5, 0.6) is 0 Å². The van der Waals surface area contributed by atoms with Gasteiger partial charge < -0.3 is 26.3 Å². The van der Waals surface area contributed by atoms with E-state index in [9.17, 15) is 4.79 Å². The van der Waals surface area contributed by atoms with Crippen molar-refractivity contribution in [2.45, 2.75) is 26.2 Å². The number of fused-ring (bicyclic) bond motifs is 1. The number of unbranched alkanes of at least 4 members (excludes halogenated alkanes) is 2. The minimum Gasteiger partial charge on any atom is -0.369 e. The number of carbonyl (C=O) groups is 1. The summed E-state index contributed by atoms with van der Waals surface area (Å²) in [6, 6.07) is 9.53. The Bertz CT molecular complexity index is 920. The molecule has 8 nitrogen and oxygen atoms in total. The first kappa shape index (κ1) is 19.6. The number of anilines is 4. The van der Waals surface area contributed by atoms with E-state index in [2.05, 4.69) is 25.6 Å². The predicted molar refractivity (Wildman–Crippen MR) is 114 cm³/mol. The highest BCUT2D eigenvalue weighted by molar-refractivity contribution is 5.91. The van der Waals surface area contributed by atoms with Crippen molar-refractivity contribution in [2.75, 3.05) is 35.7 Å². The molecule has 0 aliphatic carbocycles. The van der Waals surface area contributed by atoms with Gasteiger partial charge in [0.15, 0.2) is 0 Å². The quantitative estimate of drug-likeness (QED) is 0.423. The fraction of sp³-hybridized carbons (Fsp3) is 0.350. The summed E-state index contributed by atoms with van der Waals surface area (Å²) in [5.74, 6) is 1.30. The van der Waals surface area contributed by atoms with E-state index >= 15 is 0 Å². The molecule has 3 rings (SSSR count). The van der Waals surface area contributed by atoms with Crippen LogP contribution in [0.25, 0.3) is 11.0 Å². The largest absolute Gasteiger partial charge is 0.369 e. The van der Waals surface area contributed by atoms with Crippen LogP contribution in [0.15, 0.2) is 36.5 Å². The molecular weight excluding hydrogens is 354 g/mol. The number of carbonyl (C=O) groups excluding carboxylic acids is 1. The lowest BCUT2D eigenvalue weighted by molar-refractivity contribution is -0.116. The summed E-state index contributed by atoms with van der Waals surface area (Å²) in [7, 11) is 1.75. The summed E-state index contributed by atoms with van der Waals surface area (Å²) < 4.78 is 0. The number of aromatic amines is 1. The number of rotatable bonds is 9. The Morgan fingerprint density at radius 3 is 2.64 bits per heavy atom. The second-order valence-corrected chi connectivity index (χ2v) is 6.66. The van der Waals surface area contributed by atoms with Crippen molar-refractivity contribution < 1.29 is 4.79 Å². The Kier molecular flexibility index (Phi) is 6.44. The van der Waals surface area contributed by atoms with Gasteiger partial charge in [-0.05, 0) is 49.7 Å². The van der Waals surface area contributed by atoms with E-state index in [0.29, 0.717) is 5.95 Å². The van der Waals surface area contributed by atoms with E-state index < -0.39 is 0 Å². The molecule has 2 heterocycles. The molecular formula is C20H27N7O. The molecule has 0 saturated carbocycles. The Labute approximate surface area is 164 Å². The van der Waals surface area contributed by atoms with Gasteiger partial charge in [-0.15, -0.1) is 0 Å². The highest BCUT2D eigenvalue weighted by Crippen LogP contribution is 2.24. The highest BCUT2D eigenvalue weighted by atomic mass is 16.2. The molecule has 0 bridgehead atoms. The Hall–Kier alpha value is -3.13. The second kappa shape index (κ2) is 9.18. The molecule has 2 aromatic heterocycles. The van der Waals surface area contributed by atoms with Gasteiger partial charge in [0.05, 0.1) is 5.39 Å². The third-order valence-corrected chi connectivity index (χ3v) is 4.57. The molecule has 0 spiro atoms. The topological polar surface area (TPSA) is 112 Å². The van der Waals surface area contributed by atoms with Gasteiger partial charge in [0, 0.05) is 38.1 Å². The summed E-state index contributed by atoms with van der Waals surface area (Å²) in [5.41, 5.74) is 8.00. The van der Waals surface area contributed by atoms with E-state index in [4.69, 9.17) is 5.73 Å². The zero-order chi connectivity index (χ0) is 19.9. The van der Waals surface area contributed by atoms with Crippen LogP contribution in [-0.4, -0.2) is 41.0 Å². The number of nitrogens with one attached hydrogen (secondary N) is 3. The molecule has 0 unspecified atom stereocenters. The minimum absolute atomic E-state index is 0.0107. The average Bonchev–Trinajstić information content (AvgIpc) is 3.16. The van der Waals surface area contributed by atoms with Crippen LogP contribution in [0.2, 0.25) is 0 Å². The standard InChI is InChI=1S/C20H27N7O/c1-14(28)27(2)16-8-6-15(7-9-16)24-20-25-18(22-12-5-3-4-11-21)17-10-13-23-19(17)26-20/h6-10,13H,3-5,11-12,21H2,1-2H3,(H3,22,23,24,25,26). The van der Waals surface area contributed by atoms with E-state index in [1.807, 2.05) is 36.5 Å². The molecule has 0 radical (unpaired) electrons. The van der Waals surface area contributed by atoms with Gasteiger partial charge in [-0.25, -0.2) is 0 Å². The lowest BCUT2D eigenvalue weighted by Crippen LogP contribution is -2.22. The van der Waals surface area contributed by atoms with E-state index in [-0.39, 0.29) is 5.91 Å². The summed E-state index contributed by atoms with van der Waals surface area (Å²) in [6.07, 6.45) is 5.03.